The van der Waals surface area contributed by atoms with Crippen LogP contribution in [-0.2, 0) is 4.79 Å². The third-order valence-electron chi connectivity index (χ3n) is 2.58. The number of nitrogens with zero attached hydrogens (tertiary/aromatic N) is 2. The van der Waals surface area contributed by atoms with E-state index < -0.39 is 0 Å². The molecule has 0 spiro atoms. The fraction of sp³-hybridized carbons (Fsp3) is 0.154. The lowest BCUT2D eigenvalue weighted by molar-refractivity contribution is -0.117. The maximum atomic E-state index is 10.7. The van der Waals surface area contributed by atoms with Crippen LogP contribution in [0.1, 0.15) is 6.42 Å². The number of hydrogen-bond acceptors (Lipinski definition) is 6. The summed E-state index contributed by atoms with van der Waals surface area (Å²) in [5.74, 6) is 6.64. The molecule has 1 aromatic heterocycles. The van der Waals surface area contributed by atoms with E-state index >= 15 is 0 Å². The van der Waals surface area contributed by atoms with E-state index in [1.807, 2.05) is 30.3 Å². The van der Waals surface area contributed by atoms with Gasteiger partial charge in [0.05, 0.1) is 0 Å². The first-order valence-corrected chi connectivity index (χ1v) is 6.12. The molecule has 0 fully saturated rings. The number of benzene rings is 1. The lowest BCUT2D eigenvalue weighted by Gasteiger charge is -2.09. The van der Waals surface area contributed by atoms with Crippen molar-refractivity contribution < 1.29 is 4.79 Å². The molecule has 1 amide bonds. The van der Waals surface area contributed by atoms with Crippen molar-refractivity contribution in [2.24, 2.45) is 11.6 Å². The number of amides is 1. The molecule has 0 aliphatic carbocycles. The molecule has 0 aliphatic heterocycles. The maximum absolute atomic E-state index is 10.7. The number of nitrogens with two attached hydrogens (primary N) is 2. The molecule has 7 nitrogen and oxygen atoms in total. The number of nitrogens with one attached hydrogen (secondary N) is 2. The highest BCUT2D eigenvalue weighted by molar-refractivity contribution is 5.74. The molecule has 1 aromatic carbocycles. The molecule has 0 bridgehead atoms. The average Bonchev–Trinajstić information content (AvgIpc) is 2.47. The maximum Gasteiger partial charge on any atom is 0.219 e. The standard InChI is InChI=1S/C13H16N6O/c14-10(20)6-7-16-11-8-12(19-15)18-13(17-11)9-4-2-1-3-5-9/h1-5,8H,6-7,15H2,(H2,14,20)(H2,16,17,18,19). The SMILES string of the molecule is NNc1cc(NCCC(N)=O)nc(-c2ccccc2)n1. The quantitative estimate of drug-likeness (QED) is 0.454. The summed E-state index contributed by atoms with van der Waals surface area (Å²) in [5, 5.41) is 3.01. The van der Waals surface area contributed by atoms with Crippen LogP contribution in [-0.4, -0.2) is 22.4 Å². The van der Waals surface area contributed by atoms with Crippen molar-refractivity contribution in [3.05, 3.63) is 36.4 Å². The number of aromatic nitrogens is 2. The highest BCUT2D eigenvalue weighted by Crippen LogP contribution is 2.19. The first kappa shape index (κ1) is 13.8. The minimum atomic E-state index is -0.369. The Morgan fingerprint density at radius 3 is 2.50 bits per heavy atom. The first-order valence-electron chi connectivity index (χ1n) is 6.12. The molecular weight excluding hydrogens is 256 g/mol. The van der Waals surface area contributed by atoms with Gasteiger partial charge in [-0.05, 0) is 0 Å². The van der Waals surface area contributed by atoms with Gasteiger partial charge < -0.3 is 16.5 Å². The van der Waals surface area contributed by atoms with Gasteiger partial charge in [-0.3, -0.25) is 4.79 Å². The van der Waals surface area contributed by atoms with Gasteiger partial charge in [-0.2, -0.15) is 0 Å². The number of anilines is 2. The predicted octanol–water partition coefficient (Wildman–Crippen LogP) is 0.716. The number of nitrogen functional groups attached to an aromatic ring is 1. The van der Waals surface area contributed by atoms with E-state index in [2.05, 4.69) is 20.7 Å². The van der Waals surface area contributed by atoms with Crippen LogP contribution in [0.25, 0.3) is 11.4 Å². The summed E-state index contributed by atoms with van der Waals surface area (Å²) in [6, 6.07) is 11.2. The second-order valence-corrected chi connectivity index (χ2v) is 4.12. The molecule has 2 rings (SSSR count). The van der Waals surface area contributed by atoms with Gasteiger partial charge in [0.1, 0.15) is 11.6 Å². The van der Waals surface area contributed by atoms with E-state index in [4.69, 9.17) is 11.6 Å². The van der Waals surface area contributed by atoms with Gasteiger partial charge in [-0.15, -0.1) is 0 Å². The Kier molecular flexibility index (Phi) is 4.46. The zero-order chi connectivity index (χ0) is 14.4. The van der Waals surface area contributed by atoms with Gasteiger partial charge in [0.2, 0.25) is 5.91 Å². The Morgan fingerprint density at radius 1 is 1.15 bits per heavy atom. The van der Waals surface area contributed by atoms with E-state index in [-0.39, 0.29) is 12.3 Å². The average molecular weight is 272 g/mol. The zero-order valence-electron chi connectivity index (χ0n) is 10.8. The Bertz CT molecular complexity index is 587. The number of carbonyl (C=O) groups excluding carboxylic acids is 1. The van der Waals surface area contributed by atoms with Crippen LogP contribution < -0.4 is 22.3 Å². The van der Waals surface area contributed by atoms with Crippen molar-refractivity contribution in [2.45, 2.75) is 6.42 Å². The van der Waals surface area contributed by atoms with Gasteiger partial charge in [0, 0.05) is 24.6 Å². The minimum Gasteiger partial charge on any atom is -0.370 e. The van der Waals surface area contributed by atoms with Crippen molar-refractivity contribution >= 4 is 17.5 Å². The minimum absolute atomic E-state index is 0.232. The van der Waals surface area contributed by atoms with Gasteiger partial charge in [-0.1, -0.05) is 30.3 Å². The Morgan fingerprint density at radius 2 is 1.85 bits per heavy atom. The van der Waals surface area contributed by atoms with E-state index in [9.17, 15) is 4.79 Å². The molecule has 0 saturated carbocycles. The molecule has 20 heavy (non-hydrogen) atoms. The molecule has 0 saturated heterocycles. The third-order valence-corrected chi connectivity index (χ3v) is 2.58. The van der Waals surface area contributed by atoms with Crippen molar-refractivity contribution in [2.75, 3.05) is 17.3 Å². The van der Waals surface area contributed by atoms with Crippen LogP contribution in [0.2, 0.25) is 0 Å². The Labute approximate surface area is 116 Å². The van der Waals surface area contributed by atoms with Crippen LogP contribution in [0, 0.1) is 0 Å². The van der Waals surface area contributed by atoms with Gasteiger partial charge in [0.15, 0.2) is 5.82 Å². The summed E-state index contributed by atoms with van der Waals surface area (Å²) in [4.78, 5) is 19.4. The summed E-state index contributed by atoms with van der Waals surface area (Å²) in [6.45, 7) is 0.407. The number of hydrogen-bond donors (Lipinski definition) is 4. The summed E-state index contributed by atoms with van der Waals surface area (Å²) < 4.78 is 0. The largest absolute Gasteiger partial charge is 0.370 e. The molecule has 1 heterocycles. The van der Waals surface area contributed by atoms with Crippen LogP contribution in [0.4, 0.5) is 11.6 Å². The normalized spacial score (nSPS) is 10.1. The molecular formula is C13H16N6O. The lowest BCUT2D eigenvalue weighted by Crippen LogP contribution is -2.17. The Balaban J connectivity index is 2.22. The topological polar surface area (TPSA) is 119 Å². The van der Waals surface area contributed by atoms with Crippen molar-refractivity contribution in [1.29, 1.82) is 0 Å². The highest BCUT2D eigenvalue weighted by Gasteiger charge is 2.06. The van der Waals surface area contributed by atoms with E-state index in [0.717, 1.165) is 5.56 Å². The number of rotatable bonds is 6. The second kappa shape index (κ2) is 6.48. The summed E-state index contributed by atoms with van der Waals surface area (Å²) in [6.07, 6.45) is 0.232. The molecule has 0 aliphatic rings. The predicted molar refractivity (Wildman–Crippen MR) is 77.6 cm³/mol. The third kappa shape index (κ3) is 3.66. The van der Waals surface area contributed by atoms with Crippen molar-refractivity contribution in [3.63, 3.8) is 0 Å². The smallest absolute Gasteiger partial charge is 0.219 e. The van der Waals surface area contributed by atoms with E-state index in [1.54, 1.807) is 6.07 Å². The first-order chi connectivity index (χ1) is 9.69. The van der Waals surface area contributed by atoms with Crippen LogP contribution >= 0.6 is 0 Å². The zero-order valence-corrected chi connectivity index (χ0v) is 10.8. The lowest BCUT2D eigenvalue weighted by atomic mass is 10.2. The van der Waals surface area contributed by atoms with Crippen LogP contribution in [0.15, 0.2) is 36.4 Å². The summed E-state index contributed by atoms with van der Waals surface area (Å²) >= 11 is 0. The van der Waals surface area contributed by atoms with Gasteiger partial charge >= 0.3 is 0 Å². The van der Waals surface area contributed by atoms with Crippen LogP contribution in [0.5, 0.6) is 0 Å². The van der Waals surface area contributed by atoms with Crippen molar-refractivity contribution in [1.82, 2.24) is 9.97 Å². The molecule has 0 unspecified atom stereocenters. The van der Waals surface area contributed by atoms with E-state index in [0.29, 0.717) is 24.0 Å². The molecule has 0 atom stereocenters. The Hall–Kier alpha value is -2.67. The monoisotopic (exact) mass is 272 g/mol. The fourth-order valence-electron chi connectivity index (χ4n) is 1.64. The number of hydrazine groups is 1. The molecule has 0 radical (unpaired) electrons. The van der Waals surface area contributed by atoms with Crippen LogP contribution in [0.3, 0.4) is 0 Å². The molecule has 6 N–H and O–H groups in total. The number of primary amides is 1. The second-order valence-electron chi connectivity index (χ2n) is 4.12. The van der Waals surface area contributed by atoms with E-state index in [1.165, 1.54) is 0 Å². The molecule has 104 valence electrons. The van der Waals surface area contributed by atoms with Gasteiger partial charge in [0.25, 0.3) is 0 Å². The van der Waals surface area contributed by atoms with Crippen molar-refractivity contribution in [3.8, 4) is 11.4 Å². The molecule has 2 aromatic rings. The van der Waals surface area contributed by atoms with Gasteiger partial charge in [-0.25, -0.2) is 15.8 Å². The summed E-state index contributed by atoms with van der Waals surface area (Å²) in [5.41, 5.74) is 8.46. The molecule has 7 heteroatoms. The highest BCUT2D eigenvalue weighted by atomic mass is 16.1. The summed E-state index contributed by atoms with van der Waals surface area (Å²) in [7, 11) is 0. The number of carbonyl (C=O) groups is 1. The fourth-order valence-corrected chi connectivity index (χ4v) is 1.64.